The SMILES string of the molecule is O.O.O.O.O.O.O.O.O.O.O.O.O=P(O)(O)O.[H-].[Na+]. The minimum absolute atomic E-state index is 0. The second kappa shape index (κ2) is 111. The van der Waals surface area contributed by atoms with Gasteiger partial charge in [-0.15, -0.1) is 0 Å². The summed E-state index contributed by atoms with van der Waals surface area (Å²) in [5, 5.41) is 0. The molecule has 0 aromatic rings. The van der Waals surface area contributed by atoms with E-state index in [0.717, 1.165) is 0 Å². The summed E-state index contributed by atoms with van der Waals surface area (Å²) in [5.41, 5.74) is 0. The fourth-order valence-corrected chi connectivity index (χ4v) is 0. The maximum absolute atomic E-state index is 8.88. The Balaban J connectivity index is -0.000000000879. The third-order valence-corrected chi connectivity index (χ3v) is 0. The molecule has 0 radical (unpaired) electrons. The molecule has 0 aliphatic rings. The summed E-state index contributed by atoms with van der Waals surface area (Å²) in [6.07, 6.45) is 0. The molecule has 0 fully saturated rings. The van der Waals surface area contributed by atoms with Crippen molar-refractivity contribution in [3.05, 3.63) is 0 Å². The third-order valence-electron chi connectivity index (χ3n) is 0. The van der Waals surface area contributed by atoms with Crippen LogP contribution in [0.4, 0.5) is 0 Å². The van der Waals surface area contributed by atoms with Gasteiger partial charge in [0.25, 0.3) is 0 Å². The molecular formula is H28NaO16P. The molecule has 0 amide bonds. The standard InChI is InChI=1S/Na.H3O4P.12H2O.H/c;1-5(2,3)4;;;;;;;;;;;;;/h;(H3,1,2,3,4);12*1H2;/q+1;;;;;;;;;;;;;;-1. The van der Waals surface area contributed by atoms with Gasteiger partial charge >= 0.3 is 37.4 Å². The van der Waals surface area contributed by atoms with Gasteiger partial charge in [-0.3, -0.25) is 0 Å². The molecule has 0 spiro atoms. The molecule has 0 aliphatic carbocycles. The van der Waals surface area contributed by atoms with E-state index in [1.807, 2.05) is 0 Å². The van der Waals surface area contributed by atoms with Crippen molar-refractivity contribution in [2.24, 2.45) is 0 Å². The summed E-state index contributed by atoms with van der Waals surface area (Å²) in [6, 6.07) is 0. The topological polar surface area (TPSA) is 456 Å². The van der Waals surface area contributed by atoms with E-state index >= 15 is 0 Å². The summed E-state index contributed by atoms with van der Waals surface area (Å²) < 4.78 is 8.88. The van der Waals surface area contributed by atoms with E-state index in [9.17, 15) is 0 Å². The molecule has 0 saturated carbocycles. The van der Waals surface area contributed by atoms with Gasteiger partial charge in [-0.05, 0) is 0 Å². The predicted molar refractivity (Wildman–Crippen MR) is 58.7 cm³/mol. The maximum Gasteiger partial charge on any atom is 1.00 e. The van der Waals surface area contributed by atoms with Crippen molar-refractivity contribution >= 4 is 7.82 Å². The van der Waals surface area contributed by atoms with Crippen LogP contribution < -0.4 is 29.6 Å². The Hall–Kier alpha value is 0.630. The smallest absolute Gasteiger partial charge is 1.00 e. The Morgan fingerprint density at radius 3 is 0.500 bits per heavy atom. The molecule has 27 N–H and O–H groups in total. The van der Waals surface area contributed by atoms with Crippen molar-refractivity contribution in [3.8, 4) is 0 Å². The number of rotatable bonds is 0. The van der Waals surface area contributed by atoms with Gasteiger partial charge in [-0.2, -0.15) is 0 Å². The van der Waals surface area contributed by atoms with Gasteiger partial charge < -0.3 is 81.8 Å². The van der Waals surface area contributed by atoms with Crippen LogP contribution in [0.1, 0.15) is 1.43 Å². The molecule has 130 valence electrons. The summed E-state index contributed by atoms with van der Waals surface area (Å²) in [6.45, 7) is 0. The van der Waals surface area contributed by atoms with Crippen LogP contribution in [0.3, 0.4) is 0 Å². The molecule has 0 atom stereocenters. The normalized spacial score (nSPS) is 3.28. The van der Waals surface area contributed by atoms with Crippen molar-refractivity contribution in [2.75, 3.05) is 0 Å². The zero-order chi connectivity index (χ0) is 4.50. The maximum atomic E-state index is 8.88. The molecular weight excluding hydrogens is 310 g/mol. The van der Waals surface area contributed by atoms with Crippen molar-refractivity contribution in [1.82, 2.24) is 0 Å². The molecule has 0 aromatic heterocycles. The van der Waals surface area contributed by atoms with E-state index in [1.54, 1.807) is 0 Å². The Morgan fingerprint density at radius 1 is 0.500 bits per heavy atom. The summed E-state index contributed by atoms with van der Waals surface area (Å²) >= 11 is 0. The van der Waals surface area contributed by atoms with Gasteiger partial charge in [-0.1, -0.05) is 0 Å². The quantitative estimate of drug-likeness (QED) is 0.285. The van der Waals surface area contributed by atoms with Gasteiger partial charge in [-0.25, -0.2) is 4.57 Å². The van der Waals surface area contributed by atoms with Gasteiger partial charge in [0.05, 0.1) is 0 Å². The van der Waals surface area contributed by atoms with E-state index in [-0.39, 0.29) is 96.7 Å². The molecule has 0 bridgehead atoms. The Labute approximate surface area is 124 Å². The van der Waals surface area contributed by atoms with Crippen LogP contribution in [0.2, 0.25) is 0 Å². The van der Waals surface area contributed by atoms with E-state index < -0.39 is 7.82 Å². The van der Waals surface area contributed by atoms with E-state index in [0.29, 0.717) is 0 Å². The summed E-state index contributed by atoms with van der Waals surface area (Å²) in [7, 11) is -4.64. The molecule has 18 heteroatoms. The van der Waals surface area contributed by atoms with Crippen molar-refractivity contribution in [3.63, 3.8) is 0 Å². The second-order valence-electron chi connectivity index (χ2n) is 0.513. The first-order valence-electron chi connectivity index (χ1n) is 0.783. The average Bonchev–Trinajstić information content (AvgIpc) is 0.722. The first kappa shape index (κ1) is 270. The molecule has 18 heavy (non-hydrogen) atoms. The first-order chi connectivity index (χ1) is 2.00. The van der Waals surface area contributed by atoms with Crippen molar-refractivity contribution in [2.45, 2.75) is 0 Å². The Bertz CT molecular complexity index is 62.9. The summed E-state index contributed by atoms with van der Waals surface area (Å²) in [4.78, 5) is 21.6. The van der Waals surface area contributed by atoms with Crippen LogP contribution in [0.25, 0.3) is 0 Å². The van der Waals surface area contributed by atoms with Crippen LogP contribution in [0, 0.1) is 0 Å². The van der Waals surface area contributed by atoms with Gasteiger partial charge in [0.15, 0.2) is 0 Å². The third kappa shape index (κ3) is 10200. The van der Waals surface area contributed by atoms with Gasteiger partial charge in [0, 0.05) is 0 Å². The fourth-order valence-electron chi connectivity index (χ4n) is 0. The van der Waals surface area contributed by atoms with Crippen LogP contribution >= 0.6 is 7.82 Å². The second-order valence-corrected chi connectivity index (χ2v) is 1.54. The molecule has 16 nitrogen and oxygen atoms in total. The largest absolute Gasteiger partial charge is 1.00 e. The van der Waals surface area contributed by atoms with Crippen LogP contribution in [-0.4, -0.2) is 80.4 Å². The molecule has 0 heterocycles. The van der Waals surface area contributed by atoms with Crippen LogP contribution in [0.15, 0.2) is 0 Å². The van der Waals surface area contributed by atoms with Crippen LogP contribution in [0.5, 0.6) is 0 Å². The van der Waals surface area contributed by atoms with Crippen molar-refractivity contribution < 1.29 is 116 Å². The zero-order valence-electron chi connectivity index (χ0n) is 10.2. The Kier molecular flexibility index (Phi) is 1660. The fraction of sp³-hybridized carbons (Fsp3) is 0. The predicted octanol–water partition coefficient (Wildman–Crippen LogP) is -13.7. The first-order valence-corrected chi connectivity index (χ1v) is 2.35. The molecule has 0 saturated heterocycles. The average molecular weight is 338 g/mol. The molecule has 0 rings (SSSR count). The van der Waals surface area contributed by atoms with Gasteiger partial charge in [0.1, 0.15) is 0 Å². The Morgan fingerprint density at radius 2 is 0.500 bits per heavy atom. The van der Waals surface area contributed by atoms with E-state index in [2.05, 4.69) is 0 Å². The monoisotopic (exact) mass is 338 g/mol. The number of hydrogen-bond donors (Lipinski definition) is 3. The molecule has 0 aromatic carbocycles. The number of hydrogen-bond acceptors (Lipinski definition) is 1. The van der Waals surface area contributed by atoms with Crippen molar-refractivity contribution in [1.29, 1.82) is 0 Å². The minimum atomic E-state index is -4.64. The summed E-state index contributed by atoms with van der Waals surface area (Å²) in [5.74, 6) is 0. The van der Waals surface area contributed by atoms with E-state index in [1.165, 1.54) is 0 Å². The number of phosphoric acid groups is 1. The zero-order valence-corrected chi connectivity index (χ0v) is 12.1. The molecule has 0 aliphatic heterocycles. The minimum Gasteiger partial charge on any atom is -1.00 e. The van der Waals surface area contributed by atoms with Gasteiger partial charge in [0.2, 0.25) is 0 Å². The molecule has 0 unspecified atom stereocenters. The van der Waals surface area contributed by atoms with E-state index in [4.69, 9.17) is 19.2 Å². The van der Waals surface area contributed by atoms with Crippen LogP contribution in [-0.2, 0) is 4.57 Å².